The molecule has 0 radical (unpaired) electrons. The van der Waals surface area contributed by atoms with E-state index in [1.54, 1.807) is 30.3 Å². The summed E-state index contributed by atoms with van der Waals surface area (Å²) in [5.41, 5.74) is 2.22. The molecule has 0 saturated heterocycles. The molecule has 3 aromatic carbocycles. The minimum Gasteiger partial charge on any atom is -0.493 e. The van der Waals surface area contributed by atoms with E-state index in [1.807, 2.05) is 20.8 Å². The molecular weight excluding hydrogens is 630 g/mol. The van der Waals surface area contributed by atoms with Gasteiger partial charge in [-0.05, 0) is 72.9 Å². The third-order valence-electron chi connectivity index (χ3n) is 7.30. The van der Waals surface area contributed by atoms with Crippen molar-refractivity contribution >= 4 is 33.6 Å². The fraction of sp³-hybridized carbons (Fsp3) is 0.364. The second kappa shape index (κ2) is 15.1. The third kappa shape index (κ3) is 8.44. The summed E-state index contributed by atoms with van der Waals surface area (Å²) in [5.74, 6) is -0.185. The van der Waals surface area contributed by atoms with Gasteiger partial charge in [0.05, 0.1) is 19.1 Å². The third-order valence-corrected chi connectivity index (χ3v) is 8.66. The zero-order chi connectivity index (χ0) is 34.3. The van der Waals surface area contributed by atoms with E-state index in [-0.39, 0.29) is 34.7 Å². The number of hydrogen-bond donors (Lipinski definition) is 3. The summed E-state index contributed by atoms with van der Waals surface area (Å²) >= 11 is 0. The van der Waals surface area contributed by atoms with Gasteiger partial charge in [-0.25, -0.2) is 22.7 Å². The summed E-state index contributed by atoms with van der Waals surface area (Å²) in [4.78, 5) is 38.0. The van der Waals surface area contributed by atoms with Gasteiger partial charge in [-0.1, -0.05) is 39.3 Å². The highest BCUT2D eigenvalue weighted by atomic mass is 32.2. The minimum absolute atomic E-state index is 0.0608. The predicted octanol–water partition coefficient (Wildman–Crippen LogP) is 4.81. The van der Waals surface area contributed by atoms with E-state index in [0.29, 0.717) is 35.6 Å². The Balaban J connectivity index is 1.67. The number of benzene rings is 3. The second-order valence-electron chi connectivity index (χ2n) is 11.1. The standard InChI is InChI=1S/C33H39N3O10S/c1-7-8-22-15-24(35-33(39)34-20(4)32(38)43-6)11-14-26(22)46-29(23-16-27(42-5)30-28(17-23)44-18-45-30)31(37)36-47(40,41)25-12-9-21(10-13-25)19(2)3/h9-17,19-20,29H,7-8,18H2,1-6H3,(H,36,37)(H2,34,35,39)/t20-,29?/m1/s1. The lowest BCUT2D eigenvalue weighted by Crippen LogP contribution is -2.41. The molecule has 0 spiro atoms. The number of amides is 3. The lowest BCUT2D eigenvalue weighted by molar-refractivity contribution is -0.142. The van der Waals surface area contributed by atoms with Crippen LogP contribution in [0.2, 0.25) is 0 Å². The van der Waals surface area contributed by atoms with E-state index < -0.39 is 40.1 Å². The van der Waals surface area contributed by atoms with Crippen LogP contribution >= 0.6 is 0 Å². The van der Waals surface area contributed by atoms with E-state index in [1.165, 1.54) is 45.4 Å². The summed E-state index contributed by atoms with van der Waals surface area (Å²) in [6.45, 7) is 7.35. The van der Waals surface area contributed by atoms with Crippen LogP contribution < -0.4 is 34.3 Å². The molecule has 1 aliphatic rings. The first-order chi connectivity index (χ1) is 22.4. The predicted molar refractivity (Wildman–Crippen MR) is 172 cm³/mol. The molecule has 3 N–H and O–H groups in total. The quantitative estimate of drug-likeness (QED) is 0.215. The first-order valence-corrected chi connectivity index (χ1v) is 16.4. The van der Waals surface area contributed by atoms with Gasteiger partial charge >= 0.3 is 12.0 Å². The molecule has 3 amide bonds. The number of anilines is 1. The van der Waals surface area contributed by atoms with E-state index in [4.69, 9.17) is 18.9 Å². The number of fused-ring (bicyclic) bond motifs is 1. The molecule has 1 unspecified atom stereocenters. The molecule has 1 heterocycles. The van der Waals surface area contributed by atoms with Crippen LogP contribution in [0.1, 0.15) is 62.8 Å². The average molecular weight is 670 g/mol. The molecule has 252 valence electrons. The normalized spacial score (nSPS) is 13.3. The fourth-order valence-electron chi connectivity index (χ4n) is 4.81. The zero-order valence-corrected chi connectivity index (χ0v) is 27.9. The zero-order valence-electron chi connectivity index (χ0n) is 27.0. The van der Waals surface area contributed by atoms with Gasteiger partial charge in [0.25, 0.3) is 15.9 Å². The molecule has 3 aromatic rings. The number of methoxy groups -OCH3 is 2. The maximum absolute atomic E-state index is 13.8. The number of aryl methyl sites for hydroxylation is 1. The number of carbonyl (C=O) groups excluding carboxylic acids is 3. The van der Waals surface area contributed by atoms with E-state index in [2.05, 4.69) is 20.1 Å². The van der Waals surface area contributed by atoms with Crippen molar-refractivity contribution < 1.29 is 46.5 Å². The van der Waals surface area contributed by atoms with E-state index >= 15 is 0 Å². The van der Waals surface area contributed by atoms with Crippen LogP contribution in [-0.2, 0) is 30.8 Å². The lowest BCUT2D eigenvalue weighted by atomic mass is 10.0. The van der Waals surface area contributed by atoms with Crippen molar-refractivity contribution in [3.8, 4) is 23.0 Å². The number of nitrogens with one attached hydrogen (secondary N) is 3. The molecule has 47 heavy (non-hydrogen) atoms. The Morgan fingerprint density at radius 1 is 0.915 bits per heavy atom. The highest BCUT2D eigenvalue weighted by Gasteiger charge is 2.32. The SMILES string of the molecule is CCCc1cc(NC(=O)N[C@H](C)C(=O)OC)ccc1OC(C(=O)NS(=O)(=O)c1ccc(C(C)C)cc1)c1cc(OC)c2c(c1)OCO2. The molecular formula is C33H39N3O10S. The van der Waals surface area contributed by atoms with Crippen molar-refractivity contribution in [3.05, 3.63) is 71.3 Å². The summed E-state index contributed by atoms with van der Waals surface area (Å²) < 4.78 is 56.3. The van der Waals surface area contributed by atoms with Crippen molar-refractivity contribution in [1.29, 1.82) is 0 Å². The van der Waals surface area contributed by atoms with Crippen molar-refractivity contribution in [1.82, 2.24) is 10.0 Å². The molecule has 2 atom stereocenters. The number of hydrogen-bond acceptors (Lipinski definition) is 10. The van der Waals surface area contributed by atoms with Crippen LogP contribution in [0.15, 0.2) is 59.5 Å². The summed E-state index contributed by atoms with van der Waals surface area (Å²) in [6.07, 6.45) is -0.313. The van der Waals surface area contributed by atoms with Gasteiger partial charge in [0.1, 0.15) is 11.8 Å². The highest BCUT2D eigenvalue weighted by molar-refractivity contribution is 7.90. The van der Waals surface area contributed by atoms with Gasteiger partial charge in [0.15, 0.2) is 11.5 Å². The largest absolute Gasteiger partial charge is 0.493 e. The van der Waals surface area contributed by atoms with E-state index in [9.17, 15) is 22.8 Å². The van der Waals surface area contributed by atoms with Crippen LogP contribution in [-0.4, -0.2) is 53.4 Å². The van der Waals surface area contributed by atoms with E-state index in [0.717, 1.165) is 5.56 Å². The smallest absolute Gasteiger partial charge is 0.328 e. The number of esters is 1. The maximum Gasteiger partial charge on any atom is 0.328 e. The monoisotopic (exact) mass is 669 g/mol. The molecule has 14 heteroatoms. The number of ether oxygens (including phenoxy) is 5. The van der Waals surface area contributed by atoms with Crippen LogP contribution in [0, 0.1) is 0 Å². The topological polar surface area (TPSA) is 168 Å². The van der Waals surface area contributed by atoms with Gasteiger partial charge in [0, 0.05) is 11.3 Å². The minimum atomic E-state index is -4.29. The second-order valence-corrected chi connectivity index (χ2v) is 12.7. The van der Waals surface area contributed by atoms with Crippen LogP contribution in [0.25, 0.3) is 0 Å². The van der Waals surface area contributed by atoms with Gasteiger partial charge in [0.2, 0.25) is 18.6 Å². The van der Waals surface area contributed by atoms with Gasteiger partial charge in [-0.2, -0.15) is 0 Å². The number of rotatable bonds is 13. The lowest BCUT2D eigenvalue weighted by Gasteiger charge is -2.22. The molecule has 13 nitrogen and oxygen atoms in total. The molecule has 0 saturated carbocycles. The van der Waals surface area contributed by atoms with Crippen molar-refractivity contribution in [3.63, 3.8) is 0 Å². The first kappa shape index (κ1) is 34.9. The number of sulfonamides is 1. The van der Waals surface area contributed by atoms with Gasteiger partial charge in [-0.3, -0.25) is 4.79 Å². The number of carbonyl (C=O) groups is 3. The van der Waals surface area contributed by atoms with Crippen molar-refractivity contribution in [2.24, 2.45) is 0 Å². The Morgan fingerprint density at radius 3 is 2.28 bits per heavy atom. The average Bonchev–Trinajstić information content (AvgIpc) is 3.52. The molecule has 0 aliphatic carbocycles. The molecule has 0 bridgehead atoms. The fourth-order valence-corrected chi connectivity index (χ4v) is 5.80. The maximum atomic E-state index is 13.8. The first-order valence-electron chi connectivity index (χ1n) is 15.0. The van der Waals surface area contributed by atoms with Crippen LogP contribution in [0.4, 0.5) is 10.5 Å². The van der Waals surface area contributed by atoms with Crippen molar-refractivity contribution in [2.45, 2.75) is 63.5 Å². The number of urea groups is 1. The summed E-state index contributed by atoms with van der Waals surface area (Å²) in [6, 6.07) is 12.6. The molecule has 4 rings (SSSR count). The summed E-state index contributed by atoms with van der Waals surface area (Å²) in [7, 11) is -1.64. The summed E-state index contributed by atoms with van der Waals surface area (Å²) in [5, 5.41) is 5.16. The Morgan fingerprint density at radius 2 is 1.64 bits per heavy atom. The Labute approximate surface area is 273 Å². The Bertz CT molecular complexity index is 1730. The highest BCUT2D eigenvalue weighted by Crippen LogP contribution is 2.44. The van der Waals surface area contributed by atoms with Gasteiger partial charge < -0.3 is 34.3 Å². The Kier molecular flexibility index (Phi) is 11.2. The van der Waals surface area contributed by atoms with Crippen LogP contribution in [0.5, 0.6) is 23.0 Å². The Hall–Kier alpha value is -4.98. The molecule has 0 fully saturated rings. The van der Waals surface area contributed by atoms with Crippen molar-refractivity contribution in [2.75, 3.05) is 26.3 Å². The molecule has 1 aliphatic heterocycles. The molecule has 0 aromatic heterocycles. The van der Waals surface area contributed by atoms with Crippen LogP contribution in [0.3, 0.4) is 0 Å². The van der Waals surface area contributed by atoms with Gasteiger partial charge in [-0.15, -0.1) is 0 Å².